The Morgan fingerprint density at radius 1 is 0.141 bits per heavy atom. The second-order valence-corrected chi connectivity index (χ2v) is 24.4. The maximum atomic E-state index is 2.42. The van der Waals surface area contributed by atoms with Crippen molar-refractivity contribution in [2.45, 2.75) is 0 Å². The first-order valence-corrected chi connectivity index (χ1v) is 31.7. The van der Waals surface area contributed by atoms with Crippen LogP contribution in [0.5, 0.6) is 0 Å². The lowest BCUT2D eigenvalue weighted by Gasteiger charge is -2.11. The lowest BCUT2D eigenvalue weighted by molar-refractivity contribution is 1.18. The van der Waals surface area contributed by atoms with Crippen molar-refractivity contribution in [1.29, 1.82) is 0 Å². The van der Waals surface area contributed by atoms with E-state index >= 15 is 0 Å². The molecule has 16 aromatic carbocycles. The number of hydrogen-bond donors (Lipinski definition) is 0. The second kappa shape index (κ2) is 20.7. The standard InChI is InChI=1S/2C44H28N2/c1-2-12-34(13-3-1)45-40-16-8-6-14-37(40)38-24-20-32(28-43(38)45)31-19-23-36-33(26-31)21-25-42-44(36)39-15-7-9-17-41(39)46(42)35-22-18-29-10-4-5-11-30(29)27-35;1-2-12-34(13-3-1)45-40-16-8-6-14-37(40)39-28-32(20-24-42(39)45)31-19-23-36-33(26-31)21-25-43-44(36)38-15-7-9-17-41(38)46(43)35-22-18-29-10-4-5-11-30(29)27-35/h2*1-28H. The molecule has 20 rings (SSSR count). The van der Waals surface area contributed by atoms with Gasteiger partial charge in [0.1, 0.15) is 0 Å². The average Bonchev–Trinajstić information content (AvgIpc) is 1.61. The molecule has 0 radical (unpaired) electrons. The zero-order chi connectivity index (χ0) is 60.4. The quantitative estimate of drug-likeness (QED) is 0.158. The molecule has 0 saturated carbocycles. The zero-order valence-electron chi connectivity index (χ0n) is 50.1. The van der Waals surface area contributed by atoms with Gasteiger partial charge in [-0.05, 0) is 181 Å². The molecule has 4 heterocycles. The van der Waals surface area contributed by atoms with E-state index in [2.05, 4.69) is 358 Å². The van der Waals surface area contributed by atoms with Crippen molar-refractivity contribution in [3.63, 3.8) is 0 Å². The van der Waals surface area contributed by atoms with Crippen LogP contribution in [-0.2, 0) is 0 Å². The molecule has 0 saturated heterocycles. The Hall–Kier alpha value is -12.2. The normalized spacial score (nSPS) is 11.9. The van der Waals surface area contributed by atoms with Gasteiger partial charge in [0.25, 0.3) is 0 Å². The number of fused-ring (bicyclic) bond motifs is 18. The summed E-state index contributed by atoms with van der Waals surface area (Å²) in [5.41, 5.74) is 19.4. The van der Waals surface area contributed by atoms with Gasteiger partial charge in [0.05, 0.1) is 44.1 Å². The highest BCUT2D eigenvalue weighted by Crippen LogP contribution is 2.43. The highest BCUT2D eigenvalue weighted by molar-refractivity contribution is 6.23. The molecule has 428 valence electrons. The lowest BCUT2D eigenvalue weighted by Crippen LogP contribution is -1.94. The van der Waals surface area contributed by atoms with Crippen molar-refractivity contribution in [2.75, 3.05) is 0 Å². The number of para-hydroxylation sites is 6. The Kier molecular flexibility index (Phi) is 11.6. The van der Waals surface area contributed by atoms with Crippen molar-refractivity contribution in [3.05, 3.63) is 340 Å². The summed E-state index contributed by atoms with van der Waals surface area (Å²) < 4.78 is 9.60. The Balaban J connectivity index is 0.000000132. The molecule has 0 aliphatic rings. The van der Waals surface area contributed by atoms with Crippen LogP contribution in [0.15, 0.2) is 340 Å². The van der Waals surface area contributed by atoms with Gasteiger partial charge in [0, 0.05) is 65.8 Å². The van der Waals surface area contributed by atoms with Crippen LogP contribution >= 0.6 is 0 Å². The molecule has 0 N–H and O–H groups in total. The van der Waals surface area contributed by atoms with Crippen LogP contribution in [0.1, 0.15) is 0 Å². The number of hydrogen-bond acceptors (Lipinski definition) is 0. The SMILES string of the molecule is c1ccc(-n2c3ccccc3c3cc(-c4ccc5c(ccc6c5c5ccccc5n6-c5ccc6ccccc6c5)c4)ccc32)cc1.c1ccc(-n2c3ccccc3c3ccc(-c4ccc5c(ccc6c5c5ccccc5n6-c5ccc6ccccc6c5)c4)cc32)cc1. The van der Waals surface area contributed by atoms with Gasteiger partial charge < -0.3 is 18.3 Å². The molecular formula is C88H56N4. The topological polar surface area (TPSA) is 19.7 Å². The minimum Gasteiger partial charge on any atom is -0.309 e. The van der Waals surface area contributed by atoms with Gasteiger partial charge >= 0.3 is 0 Å². The van der Waals surface area contributed by atoms with Crippen LogP contribution < -0.4 is 0 Å². The second-order valence-electron chi connectivity index (χ2n) is 24.4. The molecule has 20 aromatic rings. The molecule has 0 bridgehead atoms. The molecule has 0 aliphatic carbocycles. The van der Waals surface area contributed by atoms with E-state index in [4.69, 9.17) is 0 Å². The molecule has 4 heteroatoms. The van der Waals surface area contributed by atoms with Gasteiger partial charge in [-0.2, -0.15) is 0 Å². The van der Waals surface area contributed by atoms with E-state index in [0.717, 1.165) is 0 Å². The summed E-state index contributed by atoms with van der Waals surface area (Å²) in [5.74, 6) is 0. The minimum atomic E-state index is 1.18. The summed E-state index contributed by atoms with van der Waals surface area (Å²) in [4.78, 5) is 0. The Labute approximate surface area is 530 Å². The molecule has 4 nitrogen and oxygen atoms in total. The summed E-state index contributed by atoms with van der Waals surface area (Å²) in [6, 6.07) is 124. The predicted octanol–water partition coefficient (Wildman–Crippen LogP) is 23.7. The lowest BCUT2D eigenvalue weighted by atomic mass is 9.97. The maximum absolute atomic E-state index is 2.42. The van der Waals surface area contributed by atoms with Crippen LogP contribution in [0.25, 0.3) is 175 Å². The molecule has 0 atom stereocenters. The van der Waals surface area contributed by atoms with Gasteiger partial charge in [-0.15, -0.1) is 0 Å². The van der Waals surface area contributed by atoms with E-state index in [1.807, 2.05) is 0 Å². The van der Waals surface area contributed by atoms with Gasteiger partial charge in [-0.3, -0.25) is 0 Å². The molecule has 4 aromatic heterocycles. The monoisotopic (exact) mass is 1170 g/mol. The average molecular weight is 1170 g/mol. The smallest absolute Gasteiger partial charge is 0.0547 e. The van der Waals surface area contributed by atoms with Crippen molar-refractivity contribution >= 4 is 130 Å². The molecule has 0 fully saturated rings. The molecule has 0 unspecified atom stereocenters. The van der Waals surface area contributed by atoms with Crippen LogP contribution in [0, 0.1) is 0 Å². The third-order valence-corrected chi connectivity index (χ3v) is 19.3. The van der Waals surface area contributed by atoms with Crippen molar-refractivity contribution in [1.82, 2.24) is 18.3 Å². The van der Waals surface area contributed by atoms with Gasteiger partial charge in [-0.1, -0.05) is 224 Å². The predicted molar refractivity (Wildman–Crippen MR) is 391 cm³/mol. The Morgan fingerprint density at radius 2 is 0.467 bits per heavy atom. The van der Waals surface area contributed by atoms with E-state index in [0.29, 0.717) is 0 Å². The van der Waals surface area contributed by atoms with E-state index in [9.17, 15) is 0 Å². The highest BCUT2D eigenvalue weighted by Gasteiger charge is 2.20. The highest BCUT2D eigenvalue weighted by atomic mass is 15.0. The number of nitrogens with zero attached hydrogens (tertiary/aromatic N) is 4. The van der Waals surface area contributed by atoms with Crippen molar-refractivity contribution < 1.29 is 0 Å². The van der Waals surface area contributed by atoms with E-state index in [-0.39, 0.29) is 0 Å². The number of rotatable bonds is 6. The Bertz CT molecular complexity index is 6370. The van der Waals surface area contributed by atoms with Crippen LogP contribution in [0.3, 0.4) is 0 Å². The number of benzene rings is 16. The summed E-state index contributed by atoms with van der Waals surface area (Å²) in [6.45, 7) is 0. The largest absolute Gasteiger partial charge is 0.309 e. The molecular weight excluding hydrogens is 1110 g/mol. The fraction of sp³-hybridized carbons (Fsp3) is 0. The third-order valence-electron chi connectivity index (χ3n) is 19.3. The summed E-state index contributed by atoms with van der Waals surface area (Å²) >= 11 is 0. The molecule has 0 spiro atoms. The minimum absolute atomic E-state index is 1.18. The summed E-state index contributed by atoms with van der Waals surface area (Å²) in [7, 11) is 0. The first-order chi connectivity index (χ1) is 45.6. The van der Waals surface area contributed by atoms with E-state index in [1.165, 1.54) is 175 Å². The van der Waals surface area contributed by atoms with E-state index < -0.39 is 0 Å². The number of aromatic nitrogens is 4. The van der Waals surface area contributed by atoms with Crippen molar-refractivity contribution in [3.8, 4) is 45.0 Å². The van der Waals surface area contributed by atoms with Crippen LogP contribution in [0.2, 0.25) is 0 Å². The summed E-state index contributed by atoms with van der Waals surface area (Å²) in [5, 5.41) is 20.3. The summed E-state index contributed by atoms with van der Waals surface area (Å²) in [6.07, 6.45) is 0. The molecule has 0 amide bonds. The van der Waals surface area contributed by atoms with Crippen molar-refractivity contribution in [2.24, 2.45) is 0 Å². The molecule has 0 aliphatic heterocycles. The van der Waals surface area contributed by atoms with Gasteiger partial charge in [-0.25, -0.2) is 0 Å². The van der Waals surface area contributed by atoms with E-state index in [1.54, 1.807) is 0 Å². The Morgan fingerprint density at radius 3 is 0.978 bits per heavy atom. The van der Waals surface area contributed by atoms with Gasteiger partial charge in [0.2, 0.25) is 0 Å². The first-order valence-electron chi connectivity index (χ1n) is 31.7. The zero-order valence-corrected chi connectivity index (χ0v) is 50.1. The third kappa shape index (κ3) is 8.10. The molecule has 92 heavy (non-hydrogen) atoms. The van der Waals surface area contributed by atoms with Gasteiger partial charge in [0.15, 0.2) is 0 Å². The maximum Gasteiger partial charge on any atom is 0.0547 e. The fourth-order valence-corrected chi connectivity index (χ4v) is 15.2. The van der Waals surface area contributed by atoms with Crippen LogP contribution in [0.4, 0.5) is 0 Å². The fourth-order valence-electron chi connectivity index (χ4n) is 15.2. The first kappa shape index (κ1) is 51.8. The van der Waals surface area contributed by atoms with Crippen LogP contribution in [-0.4, -0.2) is 18.3 Å².